The van der Waals surface area contributed by atoms with Crippen LogP contribution in [0.4, 0.5) is 10.5 Å². The molecule has 1 saturated heterocycles. The van der Waals surface area contributed by atoms with E-state index in [1.807, 2.05) is 51.4 Å². The zero-order chi connectivity index (χ0) is 23.6. The Morgan fingerprint density at radius 3 is 2.33 bits per heavy atom. The van der Waals surface area contributed by atoms with Gasteiger partial charge in [-0.15, -0.1) is 0 Å². The van der Waals surface area contributed by atoms with Crippen LogP contribution in [0.1, 0.15) is 36.7 Å². The summed E-state index contributed by atoms with van der Waals surface area (Å²) in [6.07, 6.45) is 3.60. The highest BCUT2D eigenvalue weighted by Gasteiger charge is 2.26. The van der Waals surface area contributed by atoms with E-state index in [4.69, 9.17) is 9.47 Å². The number of rotatable bonds is 4. The van der Waals surface area contributed by atoms with Crippen molar-refractivity contribution >= 4 is 28.8 Å². The number of ether oxygens (including phenoxy) is 2. The highest BCUT2D eigenvalue weighted by atomic mass is 16.6. The molecular formula is C25H30N4O4. The van der Waals surface area contributed by atoms with E-state index in [2.05, 4.69) is 20.5 Å². The highest BCUT2D eigenvalue weighted by molar-refractivity contribution is 5.91. The molecule has 1 fully saturated rings. The topological polar surface area (TPSA) is 76.9 Å². The summed E-state index contributed by atoms with van der Waals surface area (Å²) >= 11 is 0. The minimum Gasteiger partial charge on any atom is -0.465 e. The van der Waals surface area contributed by atoms with Gasteiger partial charge in [0.25, 0.3) is 0 Å². The molecule has 8 nitrogen and oxygen atoms in total. The second kappa shape index (κ2) is 9.13. The Labute approximate surface area is 193 Å². The molecule has 0 atom stereocenters. The smallest absolute Gasteiger partial charge is 0.410 e. The third kappa shape index (κ3) is 5.10. The van der Waals surface area contributed by atoms with Gasteiger partial charge < -0.3 is 23.8 Å². The van der Waals surface area contributed by atoms with Gasteiger partial charge in [-0.3, -0.25) is 0 Å². The van der Waals surface area contributed by atoms with Crippen LogP contribution in [-0.4, -0.2) is 65.4 Å². The van der Waals surface area contributed by atoms with E-state index in [9.17, 15) is 9.59 Å². The van der Waals surface area contributed by atoms with Crippen LogP contribution >= 0.6 is 0 Å². The quantitative estimate of drug-likeness (QED) is 0.561. The summed E-state index contributed by atoms with van der Waals surface area (Å²) in [6, 6.07) is 11.5. The lowest BCUT2D eigenvalue weighted by Gasteiger charge is -2.37. The molecule has 33 heavy (non-hydrogen) atoms. The zero-order valence-electron chi connectivity index (χ0n) is 19.6. The molecule has 1 amide bonds. The summed E-state index contributed by atoms with van der Waals surface area (Å²) in [6.45, 7) is 9.00. The fraction of sp³-hybridized carbons (Fsp3) is 0.400. The lowest BCUT2D eigenvalue weighted by molar-refractivity contribution is 0.0240. The van der Waals surface area contributed by atoms with E-state index < -0.39 is 5.60 Å². The lowest BCUT2D eigenvalue weighted by atomic mass is 10.1. The standard InChI is InChI=1S/C25H30N4O4/c1-25(2,3)33-24(31)28-15-13-27(14-16-28)21-9-11-26-22-20(21)10-12-29(22)17-18-5-7-19(8-6-18)23(30)32-4/h5-12H,13-17H2,1-4H3. The number of methoxy groups -OCH3 is 1. The summed E-state index contributed by atoms with van der Waals surface area (Å²) in [4.78, 5) is 32.7. The molecule has 0 bridgehead atoms. The highest BCUT2D eigenvalue weighted by Crippen LogP contribution is 2.28. The van der Waals surface area contributed by atoms with Crippen molar-refractivity contribution in [2.45, 2.75) is 32.9 Å². The second-order valence-electron chi connectivity index (χ2n) is 9.15. The van der Waals surface area contributed by atoms with Gasteiger partial charge in [0.05, 0.1) is 12.7 Å². The summed E-state index contributed by atoms with van der Waals surface area (Å²) in [5.74, 6) is -0.342. The molecule has 3 heterocycles. The number of esters is 1. The molecule has 1 aliphatic heterocycles. The molecule has 1 aliphatic rings. The summed E-state index contributed by atoms with van der Waals surface area (Å²) < 4.78 is 12.4. The summed E-state index contributed by atoms with van der Waals surface area (Å²) in [7, 11) is 1.38. The van der Waals surface area contributed by atoms with Crippen molar-refractivity contribution < 1.29 is 19.1 Å². The van der Waals surface area contributed by atoms with Gasteiger partial charge in [0.15, 0.2) is 0 Å². The average Bonchev–Trinajstić information content (AvgIpc) is 3.21. The van der Waals surface area contributed by atoms with Gasteiger partial charge in [-0.2, -0.15) is 0 Å². The first-order valence-corrected chi connectivity index (χ1v) is 11.1. The van der Waals surface area contributed by atoms with Crippen LogP contribution in [0.5, 0.6) is 0 Å². The van der Waals surface area contributed by atoms with Crippen molar-refractivity contribution in [3.05, 3.63) is 59.9 Å². The number of nitrogens with zero attached hydrogens (tertiary/aromatic N) is 4. The van der Waals surface area contributed by atoms with Crippen LogP contribution in [0.25, 0.3) is 11.0 Å². The van der Waals surface area contributed by atoms with Gasteiger partial charge >= 0.3 is 12.1 Å². The minimum atomic E-state index is -0.492. The van der Waals surface area contributed by atoms with Crippen molar-refractivity contribution in [2.24, 2.45) is 0 Å². The summed E-state index contributed by atoms with van der Waals surface area (Å²) in [5, 5.41) is 1.08. The molecule has 174 valence electrons. The third-order valence-corrected chi connectivity index (χ3v) is 5.64. The maximum Gasteiger partial charge on any atom is 0.410 e. The van der Waals surface area contributed by atoms with Gasteiger partial charge in [-0.1, -0.05) is 12.1 Å². The van der Waals surface area contributed by atoms with Gasteiger partial charge in [-0.05, 0) is 50.6 Å². The van der Waals surface area contributed by atoms with Crippen LogP contribution in [0.3, 0.4) is 0 Å². The van der Waals surface area contributed by atoms with Gasteiger partial charge in [0.2, 0.25) is 0 Å². The Morgan fingerprint density at radius 1 is 1.00 bits per heavy atom. The van der Waals surface area contributed by atoms with E-state index in [-0.39, 0.29) is 12.1 Å². The Morgan fingerprint density at radius 2 is 1.70 bits per heavy atom. The lowest BCUT2D eigenvalue weighted by Crippen LogP contribution is -2.50. The first-order valence-electron chi connectivity index (χ1n) is 11.1. The fourth-order valence-electron chi connectivity index (χ4n) is 4.00. The predicted octanol–water partition coefficient (Wildman–Crippen LogP) is 3.93. The van der Waals surface area contributed by atoms with Crippen LogP contribution < -0.4 is 4.90 Å². The maximum atomic E-state index is 12.4. The number of amides is 1. The van der Waals surface area contributed by atoms with Crippen LogP contribution in [0, 0.1) is 0 Å². The van der Waals surface area contributed by atoms with Gasteiger partial charge in [-0.25, -0.2) is 14.6 Å². The molecule has 4 rings (SSSR count). The van der Waals surface area contributed by atoms with Crippen molar-refractivity contribution in [3.8, 4) is 0 Å². The van der Waals surface area contributed by atoms with Crippen molar-refractivity contribution in [2.75, 3.05) is 38.2 Å². The van der Waals surface area contributed by atoms with Crippen LogP contribution in [0.15, 0.2) is 48.8 Å². The molecule has 0 spiro atoms. The SMILES string of the molecule is COC(=O)c1ccc(Cn2ccc3c(N4CCN(C(=O)OC(C)(C)C)CC4)ccnc32)cc1. The Bertz CT molecular complexity index is 1140. The average molecular weight is 451 g/mol. The van der Waals surface area contributed by atoms with E-state index >= 15 is 0 Å². The molecule has 1 aromatic carbocycles. The van der Waals surface area contributed by atoms with E-state index in [0.29, 0.717) is 25.2 Å². The number of carbonyl (C=O) groups is 2. The van der Waals surface area contributed by atoms with Crippen molar-refractivity contribution in [1.29, 1.82) is 0 Å². The number of benzene rings is 1. The number of anilines is 1. The predicted molar refractivity (Wildman–Crippen MR) is 127 cm³/mol. The first kappa shape index (κ1) is 22.6. The molecule has 0 saturated carbocycles. The Balaban J connectivity index is 1.47. The second-order valence-corrected chi connectivity index (χ2v) is 9.15. The van der Waals surface area contributed by atoms with Crippen LogP contribution in [-0.2, 0) is 16.0 Å². The van der Waals surface area contributed by atoms with E-state index in [1.54, 1.807) is 17.0 Å². The van der Waals surface area contributed by atoms with Gasteiger partial charge in [0.1, 0.15) is 11.2 Å². The maximum absolute atomic E-state index is 12.4. The minimum absolute atomic E-state index is 0.258. The number of pyridine rings is 1. The number of fused-ring (bicyclic) bond motifs is 1. The van der Waals surface area contributed by atoms with E-state index in [0.717, 1.165) is 35.4 Å². The molecule has 3 aromatic rings. The van der Waals surface area contributed by atoms with Crippen LogP contribution in [0.2, 0.25) is 0 Å². The number of piperazine rings is 1. The first-order chi connectivity index (χ1) is 15.7. The number of hydrogen-bond acceptors (Lipinski definition) is 6. The molecule has 0 N–H and O–H groups in total. The molecule has 0 aliphatic carbocycles. The normalized spacial score (nSPS) is 14.4. The largest absolute Gasteiger partial charge is 0.465 e. The number of carbonyl (C=O) groups excluding carboxylic acids is 2. The van der Waals surface area contributed by atoms with Crippen molar-refractivity contribution in [1.82, 2.24) is 14.5 Å². The van der Waals surface area contributed by atoms with Gasteiger partial charge in [0, 0.05) is 56.2 Å². The molecule has 2 aromatic heterocycles. The summed E-state index contributed by atoms with van der Waals surface area (Å²) in [5.41, 5.74) is 3.12. The van der Waals surface area contributed by atoms with Crippen molar-refractivity contribution in [3.63, 3.8) is 0 Å². The zero-order valence-corrected chi connectivity index (χ0v) is 19.6. The monoisotopic (exact) mass is 450 g/mol. The molecular weight excluding hydrogens is 420 g/mol. The molecule has 0 radical (unpaired) electrons. The number of aromatic nitrogens is 2. The fourth-order valence-corrected chi connectivity index (χ4v) is 4.00. The Hall–Kier alpha value is -3.55. The van der Waals surface area contributed by atoms with E-state index in [1.165, 1.54) is 7.11 Å². The molecule has 0 unspecified atom stereocenters. The third-order valence-electron chi connectivity index (χ3n) is 5.64. The Kier molecular flexibility index (Phi) is 6.26. The number of hydrogen-bond donors (Lipinski definition) is 0. The molecule has 8 heteroatoms.